The number of aryl methyl sites for hydroxylation is 2. The van der Waals surface area contributed by atoms with Gasteiger partial charge in [0.25, 0.3) is 0 Å². The van der Waals surface area contributed by atoms with E-state index in [0.717, 1.165) is 0 Å². The van der Waals surface area contributed by atoms with Gasteiger partial charge in [0.2, 0.25) is 0 Å². The van der Waals surface area contributed by atoms with E-state index in [2.05, 4.69) is 25.4 Å². The van der Waals surface area contributed by atoms with Gasteiger partial charge < -0.3 is 8.19 Å². The quantitative estimate of drug-likeness (QED) is 0.442. The van der Waals surface area contributed by atoms with E-state index in [0.29, 0.717) is 0 Å². The van der Waals surface area contributed by atoms with Crippen molar-refractivity contribution >= 4 is 8.19 Å². The second-order valence-electron chi connectivity index (χ2n) is 1.77. The van der Waals surface area contributed by atoms with E-state index >= 15 is 0 Å². The minimum atomic E-state index is 0. The van der Waals surface area contributed by atoms with Crippen LogP contribution in [0.4, 0.5) is 0 Å². The summed E-state index contributed by atoms with van der Waals surface area (Å²) in [6, 6.07) is 0. The average molecular weight is 150 g/mol. The smallest absolute Gasteiger partial charge is 0.531 e. The first-order valence-corrected chi connectivity index (χ1v) is 3.38. The Labute approximate surface area is 94.6 Å². The zero-order valence-electron chi connectivity index (χ0n) is 5.60. The summed E-state index contributed by atoms with van der Waals surface area (Å²) >= 11 is 0. The predicted octanol–water partition coefficient (Wildman–Crippen LogP) is -0.394. The molecule has 1 rings (SSSR count). The molecular weight excluding hydrogens is 142 g/mol. The fourth-order valence-electron chi connectivity index (χ4n) is 0.465. The van der Waals surface area contributed by atoms with Crippen LogP contribution in [0.5, 0.6) is 0 Å². The van der Waals surface area contributed by atoms with Crippen LogP contribution in [-0.2, 0) is 0 Å². The molecule has 8 heavy (non-hydrogen) atoms. The maximum Gasteiger partial charge on any atom is 1.00 e. The van der Waals surface area contributed by atoms with Crippen LogP contribution in [0.25, 0.3) is 0 Å². The molecule has 1 aromatic heterocycles. The van der Waals surface area contributed by atoms with Gasteiger partial charge in [0.05, 0.1) is 0 Å². The molecule has 1 heterocycles. The van der Waals surface area contributed by atoms with Crippen molar-refractivity contribution in [2.45, 2.75) is 13.8 Å². The SMILES string of the molecule is Cc1c[p-]cc1C.[K+]. The first-order valence-electron chi connectivity index (χ1n) is 2.34. The molecule has 38 valence electrons. The van der Waals surface area contributed by atoms with Crippen LogP contribution < -0.4 is 51.4 Å². The van der Waals surface area contributed by atoms with Crippen molar-refractivity contribution in [3.05, 3.63) is 22.7 Å². The van der Waals surface area contributed by atoms with Gasteiger partial charge in [-0.05, 0) is 13.8 Å². The molecule has 0 aliphatic carbocycles. The molecule has 0 atom stereocenters. The summed E-state index contributed by atoms with van der Waals surface area (Å²) in [6.07, 6.45) is 0. The number of hydrogen-bond donors (Lipinski definition) is 0. The monoisotopic (exact) mass is 150 g/mol. The van der Waals surface area contributed by atoms with E-state index in [-0.39, 0.29) is 51.4 Å². The van der Waals surface area contributed by atoms with Crippen molar-refractivity contribution in [1.29, 1.82) is 0 Å². The number of rotatable bonds is 0. The Kier molecular flexibility index (Phi) is 5.02. The van der Waals surface area contributed by atoms with Crippen LogP contribution in [0.3, 0.4) is 0 Å². The maximum atomic E-state index is 2.22. The molecule has 2 heteroatoms. The summed E-state index contributed by atoms with van der Waals surface area (Å²) in [4.78, 5) is 0. The van der Waals surface area contributed by atoms with E-state index in [1.807, 2.05) is 0 Å². The standard InChI is InChI=1S/C6H8P.K/c1-5-3-7-4-6(5)2;/h3-4H,1-2H3;/q-1;+1. The fraction of sp³-hybridized carbons (Fsp3) is 0.333. The largest absolute Gasteiger partial charge is 1.00 e. The van der Waals surface area contributed by atoms with Crippen LogP contribution in [0, 0.1) is 13.8 Å². The second kappa shape index (κ2) is 4.27. The summed E-state index contributed by atoms with van der Waals surface area (Å²) in [7, 11) is 1.36. The van der Waals surface area contributed by atoms with Crippen molar-refractivity contribution in [3.8, 4) is 0 Å². The van der Waals surface area contributed by atoms with Gasteiger partial charge in [0.1, 0.15) is 0 Å². The van der Waals surface area contributed by atoms with E-state index in [1.54, 1.807) is 0 Å². The Morgan fingerprint density at radius 2 is 1.50 bits per heavy atom. The Morgan fingerprint density at radius 3 is 1.62 bits per heavy atom. The molecule has 0 radical (unpaired) electrons. The zero-order valence-corrected chi connectivity index (χ0v) is 9.62. The van der Waals surface area contributed by atoms with Gasteiger partial charge in [-0.2, -0.15) is 0 Å². The third-order valence-corrected chi connectivity index (χ3v) is 2.23. The van der Waals surface area contributed by atoms with Crippen LogP contribution >= 0.6 is 8.19 Å². The van der Waals surface area contributed by atoms with Gasteiger partial charge >= 0.3 is 51.4 Å². The van der Waals surface area contributed by atoms with Crippen LogP contribution in [0.15, 0.2) is 11.6 Å². The molecule has 0 fully saturated rings. The fourth-order valence-corrected chi connectivity index (χ4v) is 1.39. The van der Waals surface area contributed by atoms with Gasteiger partial charge in [-0.3, -0.25) is 0 Å². The van der Waals surface area contributed by atoms with Crippen molar-refractivity contribution in [2.75, 3.05) is 0 Å². The van der Waals surface area contributed by atoms with Crippen molar-refractivity contribution < 1.29 is 51.4 Å². The molecule has 0 saturated carbocycles. The summed E-state index contributed by atoms with van der Waals surface area (Å²) < 4.78 is 0. The Hall–Kier alpha value is 1.42. The topological polar surface area (TPSA) is 0 Å². The Morgan fingerprint density at radius 1 is 1.12 bits per heavy atom. The van der Waals surface area contributed by atoms with Gasteiger partial charge in [-0.15, -0.1) is 0 Å². The molecule has 0 bridgehead atoms. The number of hydrogen-bond acceptors (Lipinski definition) is 0. The predicted molar refractivity (Wildman–Crippen MR) is 34.0 cm³/mol. The Bertz CT molecular complexity index is 141. The molecule has 1 aromatic rings. The van der Waals surface area contributed by atoms with E-state index in [4.69, 9.17) is 0 Å². The maximum absolute atomic E-state index is 2.22. The van der Waals surface area contributed by atoms with E-state index in [1.165, 1.54) is 19.3 Å². The third-order valence-electron chi connectivity index (χ3n) is 1.16. The van der Waals surface area contributed by atoms with Gasteiger partial charge in [-0.25, -0.2) is 11.6 Å². The summed E-state index contributed by atoms with van der Waals surface area (Å²) in [5, 5.41) is 0. The first kappa shape index (κ1) is 9.42. The molecule has 0 amide bonds. The van der Waals surface area contributed by atoms with Gasteiger partial charge in [0.15, 0.2) is 0 Å². The summed E-state index contributed by atoms with van der Waals surface area (Å²) in [6.45, 7) is 4.29. The second-order valence-corrected chi connectivity index (χ2v) is 2.59. The van der Waals surface area contributed by atoms with Gasteiger partial charge in [0, 0.05) is 0 Å². The molecule has 0 aliphatic rings. The third kappa shape index (κ3) is 2.34. The van der Waals surface area contributed by atoms with Crippen molar-refractivity contribution in [2.24, 2.45) is 0 Å². The molecule has 0 saturated heterocycles. The van der Waals surface area contributed by atoms with Crippen LogP contribution in [0.2, 0.25) is 0 Å². The molecule has 0 unspecified atom stereocenters. The van der Waals surface area contributed by atoms with E-state index in [9.17, 15) is 0 Å². The zero-order chi connectivity index (χ0) is 5.28. The molecule has 0 aliphatic heterocycles. The molecular formula is C6H8KP. The molecule has 0 nitrogen and oxygen atoms in total. The van der Waals surface area contributed by atoms with E-state index < -0.39 is 0 Å². The summed E-state index contributed by atoms with van der Waals surface area (Å²) in [5.41, 5.74) is 2.86. The molecule has 0 N–H and O–H groups in total. The first-order chi connectivity index (χ1) is 3.30. The molecule has 0 spiro atoms. The van der Waals surface area contributed by atoms with Crippen LogP contribution in [-0.4, -0.2) is 0 Å². The van der Waals surface area contributed by atoms with Crippen molar-refractivity contribution in [1.82, 2.24) is 0 Å². The summed E-state index contributed by atoms with van der Waals surface area (Å²) in [5.74, 6) is 4.44. The average Bonchev–Trinajstić information content (AvgIpc) is 1.91. The normalized spacial score (nSPS) is 8.25. The minimum absolute atomic E-state index is 0. The molecule has 0 aromatic carbocycles. The van der Waals surface area contributed by atoms with Crippen LogP contribution in [0.1, 0.15) is 11.1 Å². The van der Waals surface area contributed by atoms with Crippen molar-refractivity contribution in [3.63, 3.8) is 0 Å². The minimum Gasteiger partial charge on any atom is -0.531 e. The van der Waals surface area contributed by atoms with Gasteiger partial charge in [-0.1, -0.05) is 11.1 Å². The Balaban J connectivity index is 0.000000490.